The fourth-order valence-electron chi connectivity index (χ4n) is 3.34. The molecule has 156 valence electrons. The summed E-state index contributed by atoms with van der Waals surface area (Å²) in [5, 5.41) is 9.06. The molecule has 0 spiro atoms. The van der Waals surface area contributed by atoms with Gasteiger partial charge >= 0.3 is 5.97 Å². The van der Waals surface area contributed by atoms with Crippen molar-refractivity contribution < 1.29 is 19.1 Å². The predicted octanol–water partition coefficient (Wildman–Crippen LogP) is 6.11. The van der Waals surface area contributed by atoms with Crippen molar-refractivity contribution in [2.45, 2.75) is 19.3 Å². The number of benzene rings is 3. The molecule has 0 saturated carbocycles. The van der Waals surface area contributed by atoms with Crippen LogP contribution in [-0.2, 0) is 6.42 Å². The topological polar surface area (TPSA) is 72.6 Å². The maximum Gasteiger partial charge on any atom is 0.335 e. The third-order valence-corrected chi connectivity index (χ3v) is 4.89. The lowest BCUT2D eigenvalue weighted by molar-refractivity contribution is 0.0696. The van der Waals surface area contributed by atoms with Crippen molar-refractivity contribution in [3.05, 3.63) is 96.4 Å². The number of carboxylic acids is 1. The summed E-state index contributed by atoms with van der Waals surface area (Å²) in [7, 11) is 0. The van der Waals surface area contributed by atoms with Gasteiger partial charge in [0.1, 0.15) is 11.4 Å². The lowest BCUT2D eigenvalue weighted by atomic mass is 10.1. The Hall–Kier alpha value is -3.86. The Balaban J connectivity index is 1.39. The molecule has 1 heterocycles. The minimum absolute atomic E-state index is 0.221. The van der Waals surface area contributed by atoms with Crippen LogP contribution in [0.3, 0.4) is 0 Å². The van der Waals surface area contributed by atoms with Crippen molar-refractivity contribution >= 4 is 5.97 Å². The third kappa shape index (κ3) is 5.20. The minimum Gasteiger partial charge on any atom is -0.494 e. The maximum atomic E-state index is 11.0. The average Bonchev–Trinajstić information content (AvgIpc) is 3.24. The number of ether oxygens (including phenoxy) is 1. The first-order chi connectivity index (χ1) is 15.2. The van der Waals surface area contributed by atoms with Crippen LogP contribution >= 0.6 is 0 Å². The van der Waals surface area contributed by atoms with Crippen LogP contribution in [0.2, 0.25) is 0 Å². The largest absolute Gasteiger partial charge is 0.494 e. The van der Waals surface area contributed by atoms with Gasteiger partial charge in [-0.25, -0.2) is 9.78 Å². The first-order valence-electron chi connectivity index (χ1n) is 10.3. The molecule has 0 atom stereocenters. The molecule has 4 rings (SSSR count). The van der Waals surface area contributed by atoms with Crippen LogP contribution in [0.1, 0.15) is 29.1 Å². The van der Waals surface area contributed by atoms with E-state index in [0.717, 1.165) is 35.4 Å². The molecule has 0 fully saturated rings. The smallest absolute Gasteiger partial charge is 0.335 e. The van der Waals surface area contributed by atoms with Crippen LogP contribution in [0.4, 0.5) is 0 Å². The van der Waals surface area contributed by atoms with Gasteiger partial charge in [-0.15, -0.1) is 0 Å². The van der Waals surface area contributed by atoms with Crippen LogP contribution in [0.25, 0.3) is 22.6 Å². The van der Waals surface area contributed by atoms with Crippen molar-refractivity contribution in [3.63, 3.8) is 0 Å². The second kappa shape index (κ2) is 9.76. The number of aromatic carboxylic acids is 1. The summed E-state index contributed by atoms with van der Waals surface area (Å²) in [4.78, 5) is 15.8. The average molecular weight is 413 g/mol. The molecule has 4 aromatic rings. The number of hydrogen-bond acceptors (Lipinski definition) is 4. The highest BCUT2D eigenvalue weighted by Gasteiger charge is 2.16. The van der Waals surface area contributed by atoms with Gasteiger partial charge in [-0.1, -0.05) is 66.7 Å². The molecule has 0 unspecified atom stereocenters. The molecule has 0 aliphatic heterocycles. The first kappa shape index (κ1) is 20.4. The van der Waals surface area contributed by atoms with E-state index in [1.807, 2.05) is 60.7 Å². The molecule has 0 radical (unpaired) electrons. The van der Waals surface area contributed by atoms with Gasteiger partial charge in [0, 0.05) is 17.5 Å². The second-order valence-corrected chi connectivity index (χ2v) is 7.16. The van der Waals surface area contributed by atoms with Gasteiger partial charge in [-0.2, -0.15) is 0 Å². The van der Waals surface area contributed by atoms with Crippen molar-refractivity contribution in [1.29, 1.82) is 0 Å². The zero-order valence-electron chi connectivity index (χ0n) is 17.0. The fourth-order valence-corrected chi connectivity index (χ4v) is 3.34. The normalized spacial score (nSPS) is 10.7. The van der Waals surface area contributed by atoms with Gasteiger partial charge < -0.3 is 14.3 Å². The Bertz CT molecular complexity index is 1080. The lowest BCUT2D eigenvalue weighted by Crippen LogP contribution is -2.01. The van der Waals surface area contributed by atoms with Crippen LogP contribution in [0, 0.1) is 0 Å². The molecule has 31 heavy (non-hydrogen) atoms. The van der Waals surface area contributed by atoms with Gasteiger partial charge in [0.25, 0.3) is 0 Å². The summed E-state index contributed by atoms with van der Waals surface area (Å²) >= 11 is 0. The summed E-state index contributed by atoms with van der Waals surface area (Å²) in [6, 6.07) is 26.6. The van der Waals surface area contributed by atoms with Crippen LogP contribution in [-0.4, -0.2) is 22.7 Å². The van der Waals surface area contributed by atoms with E-state index in [4.69, 9.17) is 19.2 Å². The fraction of sp³-hybridized carbons (Fsp3) is 0.154. The number of rotatable bonds is 9. The molecule has 0 aliphatic carbocycles. The Morgan fingerprint density at radius 1 is 0.871 bits per heavy atom. The quantitative estimate of drug-likeness (QED) is 0.335. The summed E-state index contributed by atoms with van der Waals surface area (Å²) < 4.78 is 11.8. The van der Waals surface area contributed by atoms with Crippen molar-refractivity contribution in [2.24, 2.45) is 0 Å². The van der Waals surface area contributed by atoms with E-state index in [-0.39, 0.29) is 5.56 Å². The van der Waals surface area contributed by atoms with Crippen LogP contribution < -0.4 is 4.74 Å². The Labute approximate surface area is 181 Å². The van der Waals surface area contributed by atoms with Crippen molar-refractivity contribution in [3.8, 4) is 28.3 Å². The number of aryl methyl sites for hydroxylation is 1. The van der Waals surface area contributed by atoms with Gasteiger partial charge in [0.15, 0.2) is 11.7 Å². The van der Waals surface area contributed by atoms with E-state index in [1.54, 1.807) is 18.2 Å². The summed E-state index contributed by atoms with van der Waals surface area (Å²) in [6.07, 6.45) is 2.35. The number of oxazole rings is 1. The predicted molar refractivity (Wildman–Crippen MR) is 119 cm³/mol. The molecular weight excluding hydrogens is 390 g/mol. The lowest BCUT2D eigenvalue weighted by Gasteiger charge is -2.06. The molecule has 5 heteroatoms. The van der Waals surface area contributed by atoms with E-state index in [1.165, 1.54) is 6.07 Å². The third-order valence-electron chi connectivity index (χ3n) is 4.89. The number of carbonyl (C=O) groups is 1. The van der Waals surface area contributed by atoms with E-state index in [9.17, 15) is 4.79 Å². The molecule has 3 aromatic carbocycles. The summed E-state index contributed by atoms with van der Waals surface area (Å²) in [5.41, 5.74) is 3.10. The summed E-state index contributed by atoms with van der Waals surface area (Å²) in [6.45, 7) is 0.501. The number of nitrogens with zero attached hydrogens (tertiary/aromatic N) is 1. The SMILES string of the molecule is O=C(O)c1cccc(OCCCCc2nc(-c3ccccc3)c(-c3ccccc3)o2)c1. The first-order valence-corrected chi connectivity index (χ1v) is 10.3. The molecule has 5 nitrogen and oxygen atoms in total. The highest BCUT2D eigenvalue weighted by Crippen LogP contribution is 2.32. The molecule has 1 aromatic heterocycles. The summed E-state index contributed by atoms with van der Waals surface area (Å²) in [5.74, 6) is 1.08. The van der Waals surface area contributed by atoms with Gasteiger partial charge in [0.05, 0.1) is 12.2 Å². The van der Waals surface area contributed by atoms with E-state index in [2.05, 4.69) is 0 Å². The molecule has 0 bridgehead atoms. The van der Waals surface area contributed by atoms with E-state index in [0.29, 0.717) is 24.7 Å². The zero-order chi connectivity index (χ0) is 21.5. The number of hydrogen-bond donors (Lipinski definition) is 1. The van der Waals surface area contributed by atoms with Crippen LogP contribution in [0.5, 0.6) is 5.75 Å². The van der Waals surface area contributed by atoms with Gasteiger partial charge in [-0.05, 0) is 31.0 Å². The molecule has 1 N–H and O–H groups in total. The molecular formula is C26H23NO4. The van der Waals surface area contributed by atoms with Crippen molar-refractivity contribution in [2.75, 3.05) is 6.61 Å². The Kier molecular flexibility index (Phi) is 6.43. The van der Waals surface area contributed by atoms with E-state index >= 15 is 0 Å². The minimum atomic E-state index is -0.960. The highest BCUT2D eigenvalue weighted by atomic mass is 16.5. The van der Waals surface area contributed by atoms with E-state index < -0.39 is 5.97 Å². The Morgan fingerprint density at radius 3 is 2.29 bits per heavy atom. The monoisotopic (exact) mass is 413 g/mol. The standard InChI is InChI=1S/C26H23NO4/c28-26(29)21-14-9-15-22(18-21)30-17-8-7-16-23-27-24(19-10-3-1-4-11-19)25(31-23)20-12-5-2-6-13-20/h1-6,9-15,18H,7-8,16-17H2,(H,28,29). The number of unbranched alkanes of at least 4 members (excludes halogenated alkanes) is 1. The second-order valence-electron chi connectivity index (χ2n) is 7.16. The van der Waals surface area contributed by atoms with Gasteiger partial charge in [-0.3, -0.25) is 0 Å². The van der Waals surface area contributed by atoms with Gasteiger partial charge in [0.2, 0.25) is 0 Å². The Morgan fingerprint density at radius 2 is 1.58 bits per heavy atom. The van der Waals surface area contributed by atoms with Crippen molar-refractivity contribution in [1.82, 2.24) is 4.98 Å². The molecule has 0 aliphatic rings. The van der Waals surface area contributed by atoms with Crippen LogP contribution in [0.15, 0.2) is 89.3 Å². The maximum absolute atomic E-state index is 11.0. The molecule has 0 saturated heterocycles. The number of carboxylic acid groups (broad SMARTS) is 1. The highest BCUT2D eigenvalue weighted by molar-refractivity contribution is 5.88. The molecule has 0 amide bonds. The zero-order valence-corrected chi connectivity index (χ0v) is 17.0. The number of aromatic nitrogens is 1.